The minimum atomic E-state index is -0.560. The number of hydrogen-bond acceptors (Lipinski definition) is 4. The van der Waals surface area contributed by atoms with E-state index in [1.807, 2.05) is 18.2 Å². The van der Waals surface area contributed by atoms with Crippen molar-refractivity contribution in [3.05, 3.63) is 48.2 Å². The number of phenolic OH excluding ortho intramolecular Hbond substituents is 1. The summed E-state index contributed by atoms with van der Waals surface area (Å²) in [5.74, 6) is -0.671. The molecule has 1 aromatic heterocycles. The molecule has 0 atom stereocenters. The van der Waals surface area contributed by atoms with Crippen LogP contribution in [0.3, 0.4) is 0 Å². The maximum Gasteiger partial charge on any atom is 0.341 e. The van der Waals surface area contributed by atoms with Crippen molar-refractivity contribution in [1.82, 2.24) is 4.98 Å². The fraction of sp³-hybridized carbons (Fsp3) is 0.0769. The third kappa shape index (κ3) is 2.25. The van der Waals surface area contributed by atoms with Crippen LogP contribution in [0.5, 0.6) is 5.75 Å². The molecular formula is C13H11NO3. The molecule has 0 amide bonds. The molecule has 0 aliphatic heterocycles. The van der Waals surface area contributed by atoms with E-state index in [4.69, 9.17) is 0 Å². The van der Waals surface area contributed by atoms with Crippen LogP contribution in [0.4, 0.5) is 0 Å². The lowest BCUT2D eigenvalue weighted by Crippen LogP contribution is -2.01. The lowest BCUT2D eigenvalue weighted by atomic mass is 10.1. The Morgan fingerprint density at radius 2 is 2.12 bits per heavy atom. The molecular weight excluding hydrogens is 218 g/mol. The van der Waals surface area contributed by atoms with Gasteiger partial charge in [-0.15, -0.1) is 0 Å². The predicted octanol–water partition coefficient (Wildman–Crippen LogP) is 2.24. The van der Waals surface area contributed by atoms with E-state index in [1.165, 1.54) is 19.2 Å². The Kier molecular flexibility index (Phi) is 3.05. The summed E-state index contributed by atoms with van der Waals surface area (Å²) in [4.78, 5) is 15.4. The van der Waals surface area contributed by atoms with Crippen LogP contribution < -0.4 is 0 Å². The van der Waals surface area contributed by atoms with Crippen molar-refractivity contribution in [2.45, 2.75) is 0 Å². The molecule has 0 saturated heterocycles. The van der Waals surface area contributed by atoms with Crippen LogP contribution in [0.2, 0.25) is 0 Å². The van der Waals surface area contributed by atoms with Gasteiger partial charge in [0.25, 0.3) is 0 Å². The Morgan fingerprint density at radius 3 is 2.71 bits per heavy atom. The highest BCUT2D eigenvalue weighted by Crippen LogP contribution is 2.25. The molecule has 0 saturated carbocycles. The van der Waals surface area contributed by atoms with Gasteiger partial charge in [-0.1, -0.05) is 12.1 Å². The summed E-state index contributed by atoms with van der Waals surface area (Å²) in [6.45, 7) is 0. The van der Waals surface area contributed by atoms with E-state index >= 15 is 0 Å². The number of hydrogen-bond donors (Lipinski definition) is 1. The molecule has 86 valence electrons. The van der Waals surface area contributed by atoms with E-state index in [2.05, 4.69) is 9.72 Å². The molecule has 0 aliphatic rings. The molecule has 0 aliphatic carbocycles. The molecule has 4 heteroatoms. The summed E-state index contributed by atoms with van der Waals surface area (Å²) >= 11 is 0. The van der Waals surface area contributed by atoms with Crippen molar-refractivity contribution in [3.8, 4) is 17.0 Å². The second-order valence-corrected chi connectivity index (χ2v) is 3.44. The van der Waals surface area contributed by atoms with Crippen molar-refractivity contribution in [2.75, 3.05) is 7.11 Å². The predicted molar refractivity (Wildman–Crippen MR) is 62.7 cm³/mol. The van der Waals surface area contributed by atoms with Gasteiger partial charge in [-0.2, -0.15) is 0 Å². The standard InChI is InChI=1S/C13H11NO3/c1-17-13(16)10-6-5-9(8-12(10)15)11-4-2-3-7-14-11/h2-8,15H,1H3. The van der Waals surface area contributed by atoms with Crippen LogP contribution >= 0.6 is 0 Å². The number of carbonyl (C=O) groups is 1. The van der Waals surface area contributed by atoms with Crippen molar-refractivity contribution < 1.29 is 14.6 Å². The number of pyridine rings is 1. The number of aromatic nitrogens is 1. The largest absolute Gasteiger partial charge is 0.507 e. The zero-order chi connectivity index (χ0) is 12.3. The van der Waals surface area contributed by atoms with Gasteiger partial charge in [-0.25, -0.2) is 4.79 Å². The zero-order valence-corrected chi connectivity index (χ0v) is 9.25. The van der Waals surface area contributed by atoms with Gasteiger partial charge < -0.3 is 9.84 Å². The smallest absolute Gasteiger partial charge is 0.341 e. The SMILES string of the molecule is COC(=O)c1ccc(-c2ccccn2)cc1O. The first-order valence-electron chi connectivity index (χ1n) is 5.05. The van der Waals surface area contributed by atoms with Gasteiger partial charge in [0.05, 0.1) is 12.8 Å². The van der Waals surface area contributed by atoms with E-state index in [0.29, 0.717) is 0 Å². The van der Waals surface area contributed by atoms with Crippen LogP contribution in [0, 0.1) is 0 Å². The molecule has 17 heavy (non-hydrogen) atoms. The molecule has 0 fully saturated rings. The molecule has 4 nitrogen and oxygen atoms in total. The summed E-state index contributed by atoms with van der Waals surface area (Å²) in [5.41, 5.74) is 1.63. The molecule has 0 spiro atoms. The molecule has 0 unspecified atom stereocenters. The number of rotatable bonds is 2. The number of phenols is 1. The normalized spacial score (nSPS) is 9.94. The summed E-state index contributed by atoms with van der Waals surface area (Å²) in [6.07, 6.45) is 1.67. The molecule has 2 aromatic rings. The topological polar surface area (TPSA) is 59.4 Å². The van der Waals surface area contributed by atoms with Crippen molar-refractivity contribution in [3.63, 3.8) is 0 Å². The molecule has 0 radical (unpaired) electrons. The average molecular weight is 229 g/mol. The number of nitrogens with zero attached hydrogens (tertiary/aromatic N) is 1. The lowest BCUT2D eigenvalue weighted by molar-refractivity contribution is 0.0597. The van der Waals surface area contributed by atoms with Crippen molar-refractivity contribution in [2.24, 2.45) is 0 Å². The second kappa shape index (κ2) is 4.65. The van der Waals surface area contributed by atoms with Gasteiger partial charge >= 0.3 is 5.97 Å². The lowest BCUT2D eigenvalue weighted by Gasteiger charge is -2.05. The average Bonchev–Trinajstić information content (AvgIpc) is 2.39. The number of carbonyl (C=O) groups excluding carboxylic acids is 1. The Morgan fingerprint density at radius 1 is 1.29 bits per heavy atom. The number of benzene rings is 1. The minimum absolute atomic E-state index is 0.111. The highest BCUT2D eigenvalue weighted by Gasteiger charge is 2.12. The van der Waals surface area contributed by atoms with Crippen LogP contribution in [0.1, 0.15) is 10.4 Å². The molecule has 2 rings (SSSR count). The number of esters is 1. The van der Waals surface area contributed by atoms with E-state index in [1.54, 1.807) is 12.3 Å². The zero-order valence-electron chi connectivity index (χ0n) is 9.25. The summed E-state index contributed by atoms with van der Waals surface area (Å²) < 4.78 is 4.55. The molecule has 1 heterocycles. The fourth-order valence-electron chi connectivity index (χ4n) is 1.51. The third-order valence-electron chi connectivity index (χ3n) is 2.36. The summed E-state index contributed by atoms with van der Waals surface area (Å²) in [7, 11) is 1.27. The summed E-state index contributed by atoms with van der Waals surface area (Å²) in [5, 5.41) is 9.73. The fourth-order valence-corrected chi connectivity index (χ4v) is 1.51. The first-order valence-corrected chi connectivity index (χ1v) is 5.05. The molecule has 0 bridgehead atoms. The van der Waals surface area contributed by atoms with Crippen molar-refractivity contribution >= 4 is 5.97 Å². The second-order valence-electron chi connectivity index (χ2n) is 3.44. The van der Waals surface area contributed by atoms with E-state index < -0.39 is 5.97 Å². The van der Waals surface area contributed by atoms with E-state index in [-0.39, 0.29) is 11.3 Å². The number of ether oxygens (including phenoxy) is 1. The Hall–Kier alpha value is -2.36. The van der Waals surface area contributed by atoms with Crippen LogP contribution in [0.25, 0.3) is 11.3 Å². The van der Waals surface area contributed by atoms with E-state index in [9.17, 15) is 9.90 Å². The van der Waals surface area contributed by atoms with Gasteiger partial charge in [0.15, 0.2) is 0 Å². The van der Waals surface area contributed by atoms with Crippen molar-refractivity contribution in [1.29, 1.82) is 0 Å². The third-order valence-corrected chi connectivity index (χ3v) is 2.36. The van der Waals surface area contributed by atoms with E-state index in [0.717, 1.165) is 11.3 Å². The van der Waals surface area contributed by atoms with Gasteiger partial charge in [0, 0.05) is 11.8 Å². The van der Waals surface area contributed by atoms with Gasteiger partial charge in [-0.3, -0.25) is 4.98 Å². The highest BCUT2D eigenvalue weighted by molar-refractivity contribution is 5.93. The van der Waals surface area contributed by atoms with Crippen LogP contribution in [-0.2, 0) is 4.74 Å². The Balaban J connectivity index is 2.41. The molecule has 1 aromatic carbocycles. The quantitative estimate of drug-likeness (QED) is 0.802. The first-order chi connectivity index (χ1) is 8.22. The van der Waals surface area contributed by atoms with Crippen LogP contribution in [0.15, 0.2) is 42.6 Å². The Labute approximate surface area is 98.5 Å². The number of aromatic hydroxyl groups is 1. The molecule has 1 N–H and O–H groups in total. The monoisotopic (exact) mass is 229 g/mol. The first kappa shape index (κ1) is 11.1. The van der Waals surface area contributed by atoms with Crippen LogP contribution in [-0.4, -0.2) is 23.2 Å². The maximum absolute atomic E-state index is 11.3. The number of methoxy groups -OCH3 is 1. The maximum atomic E-state index is 11.3. The minimum Gasteiger partial charge on any atom is -0.507 e. The van der Waals surface area contributed by atoms with Gasteiger partial charge in [-0.05, 0) is 24.3 Å². The highest BCUT2D eigenvalue weighted by atomic mass is 16.5. The Bertz CT molecular complexity index is 538. The summed E-state index contributed by atoms with van der Waals surface area (Å²) in [6, 6.07) is 10.2. The van der Waals surface area contributed by atoms with Gasteiger partial charge in [0.2, 0.25) is 0 Å². The van der Waals surface area contributed by atoms with Gasteiger partial charge in [0.1, 0.15) is 11.3 Å².